The third kappa shape index (κ3) is 4.16. The molecule has 0 radical (unpaired) electrons. The molecule has 0 amide bonds. The van der Waals surface area contributed by atoms with Crippen LogP contribution in [-0.2, 0) is 0 Å². The first-order chi connectivity index (χ1) is 9.74. The van der Waals surface area contributed by atoms with E-state index < -0.39 is 0 Å². The first-order valence-electron chi connectivity index (χ1n) is 7.77. The summed E-state index contributed by atoms with van der Waals surface area (Å²) in [6.07, 6.45) is 5.15. The highest BCUT2D eigenvalue weighted by molar-refractivity contribution is 8.00. The van der Waals surface area contributed by atoms with Gasteiger partial charge in [0.05, 0.1) is 7.11 Å². The Balaban J connectivity index is 2.06. The van der Waals surface area contributed by atoms with Gasteiger partial charge in [0, 0.05) is 16.2 Å². The second-order valence-electron chi connectivity index (χ2n) is 5.79. The summed E-state index contributed by atoms with van der Waals surface area (Å²) < 4.78 is 5.49. The Kier molecular flexibility index (Phi) is 6.24. The lowest BCUT2D eigenvalue weighted by molar-refractivity contribution is 0.317. The highest BCUT2D eigenvalue weighted by Gasteiger charge is 2.29. The zero-order valence-electron chi connectivity index (χ0n) is 12.9. The van der Waals surface area contributed by atoms with Crippen molar-refractivity contribution < 1.29 is 4.74 Å². The topological polar surface area (TPSA) is 21.3 Å². The van der Waals surface area contributed by atoms with E-state index in [1.165, 1.54) is 30.6 Å². The molecule has 1 fully saturated rings. The van der Waals surface area contributed by atoms with Gasteiger partial charge in [-0.25, -0.2) is 0 Å². The van der Waals surface area contributed by atoms with E-state index in [1.54, 1.807) is 7.11 Å². The molecular weight excluding hydrogens is 266 g/mol. The number of rotatable bonds is 6. The number of ether oxygens (including phenoxy) is 1. The Hall–Kier alpha value is -0.670. The maximum Gasteiger partial charge on any atom is 0.132 e. The third-order valence-corrected chi connectivity index (χ3v) is 5.47. The summed E-state index contributed by atoms with van der Waals surface area (Å²) in [5.41, 5.74) is 0. The summed E-state index contributed by atoms with van der Waals surface area (Å²) in [6.45, 7) is 5.74. The Morgan fingerprint density at radius 2 is 2.10 bits per heavy atom. The van der Waals surface area contributed by atoms with Gasteiger partial charge in [-0.15, -0.1) is 11.8 Å². The van der Waals surface area contributed by atoms with Crippen LogP contribution < -0.4 is 10.1 Å². The van der Waals surface area contributed by atoms with E-state index in [-0.39, 0.29) is 0 Å². The molecule has 0 aliphatic heterocycles. The summed E-state index contributed by atoms with van der Waals surface area (Å²) in [6, 6.07) is 9.02. The molecule has 1 saturated carbocycles. The van der Waals surface area contributed by atoms with Crippen LogP contribution >= 0.6 is 11.8 Å². The van der Waals surface area contributed by atoms with Crippen molar-refractivity contribution in [1.29, 1.82) is 0 Å². The molecule has 3 heteroatoms. The lowest BCUT2D eigenvalue weighted by Gasteiger charge is -2.35. The Morgan fingerprint density at radius 3 is 2.85 bits per heavy atom. The van der Waals surface area contributed by atoms with Crippen molar-refractivity contribution in [2.45, 2.75) is 55.7 Å². The molecule has 112 valence electrons. The minimum Gasteiger partial charge on any atom is -0.496 e. The van der Waals surface area contributed by atoms with Gasteiger partial charge >= 0.3 is 0 Å². The number of para-hydroxylation sites is 1. The van der Waals surface area contributed by atoms with Gasteiger partial charge in [-0.1, -0.05) is 26.0 Å². The number of nitrogens with one attached hydrogen (secondary N) is 1. The fourth-order valence-corrected chi connectivity index (χ4v) is 4.47. The first kappa shape index (κ1) is 15.7. The molecule has 0 bridgehead atoms. The van der Waals surface area contributed by atoms with E-state index in [4.69, 9.17) is 4.74 Å². The van der Waals surface area contributed by atoms with Gasteiger partial charge in [-0.3, -0.25) is 0 Å². The number of methoxy groups -OCH3 is 1. The van der Waals surface area contributed by atoms with Gasteiger partial charge in [0.15, 0.2) is 0 Å². The van der Waals surface area contributed by atoms with E-state index in [0.717, 1.165) is 18.2 Å². The normalized spacial score (nSPS) is 26.4. The number of hydrogen-bond donors (Lipinski definition) is 1. The second-order valence-corrected chi connectivity index (χ2v) is 7.07. The van der Waals surface area contributed by atoms with E-state index in [1.807, 2.05) is 17.8 Å². The molecule has 1 aliphatic rings. The smallest absolute Gasteiger partial charge is 0.132 e. The van der Waals surface area contributed by atoms with Crippen LogP contribution in [0, 0.1) is 5.92 Å². The predicted molar refractivity (Wildman–Crippen MR) is 87.7 cm³/mol. The molecule has 3 unspecified atom stereocenters. The Labute approximate surface area is 127 Å². The van der Waals surface area contributed by atoms with Crippen LogP contribution in [0.25, 0.3) is 0 Å². The molecule has 1 aliphatic carbocycles. The molecule has 2 rings (SSSR count). The summed E-state index contributed by atoms with van der Waals surface area (Å²) in [4.78, 5) is 1.28. The van der Waals surface area contributed by atoms with E-state index in [2.05, 4.69) is 37.4 Å². The average molecular weight is 293 g/mol. The predicted octanol–water partition coefficient (Wildman–Crippen LogP) is 4.34. The van der Waals surface area contributed by atoms with Crippen molar-refractivity contribution in [2.24, 2.45) is 5.92 Å². The van der Waals surface area contributed by atoms with Crippen LogP contribution in [0.2, 0.25) is 0 Å². The van der Waals surface area contributed by atoms with Crippen LogP contribution in [0.4, 0.5) is 0 Å². The molecule has 0 spiro atoms. The average Bonchev–Trinajstić information content (AvgIpc) is 2.47. The first-order valence-corrected chi connectivity index (χ1v) is 8.65. The van der Waals surface area contributed by atoms with Crippen molar-refractivity contribution in [3.8, 4) is 5.75 Å². The van der Waals surface area contributed by atoms with Gasteiger partial charge in [0.1, 0.15) is 5.75 Å². The minimum absolute atomic E-state index is 0.640. The van der Waals surface area contributed by atoms with E-state index >= 15 is 0 Å². The standard InChI is InChI=1S/C17H27NOS/c1-4-11-18-14-10-9-13(2)12-17(14)20-16-8-6-5-7-15(16)19-3/h5-8,13-14,17-18H,4,9-12H2,1-3H3. The van der Waals surface area contributed by atoms with Gasteiger partial charge in [0.25, 0.3) is 0 Å². The zero-order valence-corrected chi connectivity index (χ0v) is 13.7. The molecule has 1 aromatic rings. The Morgan fingerprint density at radius 1 is 1.30 bits per heavy atom. The van der Waals surface area contributed by atoms with Gasteiger partial charge in [0.2, 0.25) is 0 Å². The lowest BCUT2D eigenvalue weighted by atomic mass is 9.87. The van der Waals surface area contributed by atoms with Gasteiger partial charge < -0.3 is 10.1 Å². The maximum absolute atomic E-state index is 5.49. The molecule has 0 saturated heterocycles. The van der Waals surface area contributed by atoms with Crippen molar-refractivity contribution in [3.05, 3.63) is 24.3 Å². The number of hydrogen-bond acceptors (Lipinski definition) is 3. The summed E-state index contributed by atoms with van der Waals surface area (Å²) in [7, 11) is 1.76. The highest BCUT2D eigenvalue weighted by Crippen LogP contribution is 2.39. The molecule has 1 aromatic carbocycles. The van der Waals surface area contributed by atoms with Crippen LogP contribution in [0.15, 0.2) is 29.2 Å². The van der Waals surface area contributed by atoms with Crippen LogP contribution in [0.1, 0.15) is 39.5 Å². The van der Waals surface area contributed by atoms with Crippen LogP contribution in [-0.4, -0.2) is 24.9 Å². The molecule has 0 aromatic heterocycles. The highest BCUT2D eigenvalue weighted by atomic mass is 32.2. The minimum atomic E-state index is 0.640. The summed E-state index contributed by atoms with van der Waals surface area (Å²) >= 11 is 1.99. The van der Waals surface area contributed by atoms with E-state index in [0.29, 0.717) is 11.3 Å². The molecule has 2 nitrogen and oxygen atoms in total. The van der Waals surface area contributed by atoms with E-state index in [9.17, 15) is 0 Å². The van der Waals surface area contributed by atoms with Crippen molar-refractivity contribution >= 4 is 11.8 Å². The largest absolute Gasteiger partial charge is 0.496 e. The maximum atomic E-state index is 5.49. The molecule has 3 atom stereocenters. The zero-order chi connectivity index (χ0) is 14.4. The van der Waals surface area contributed by atoms with Crippen molar-refractivity contribution in [3.63, 3.8) is 0 Å². The van der Waals surface area contributed by atoms with Crippen LogP contribution in [0.5, 0.6) is 5.75 Å². The quantitative estimate of drug-likeness (QED) is 0.843. The fraction of sp³-hybridized carbons (Fsp3) is 0.647. The number of benzene rings is 1. The van der Waals surface area contributed by atoms with Gasteiger partial charge in [-0.05, 0) is 50.3 Å². The fourth-order valence-electron chi connectivity index (χ4n) is 2.90. The van der Waals surface area contributed by atoms with Crippen molar-refractivity contribution in [1.82, 2.24) is 5.32 Å². The summed E-state index contributed by atoms with van der Waals surface area (Å²) in [5, 5.41) is 4.39. The van der Waals surface area contributed by atoms with Crippen LogP contribution in [0.3, 0.4) is 0 Å². The molecule has 0 heterocycles. The lowest BCUT2D eigenvalue weighted by Crippen LogP contribution is -2.42. The third-order valence-electron chi connectivity index (χ3n) is 4.06. The molecule has 20 heavy (non-hydrogen) atoms. The number of thioether (sulfide) groups is 1. The van der Waals surface area contributed by atoms with Crippen molar-refractivity contribution in [2.75, 3.05) is 13.7 Å². The van der Waals surface area contributed by atoms with Gasteiger partial charge in [-0.2, -0.15) is 0 Å². The molecular formula is C17H27NOS. The molecule has 1 N–H and O–H groups in total. The SMILES string of the molecule is CCCNC1CCC(C)CC1Sc1ccccc1OC. The summed E-state index contributed by atoms with van der Waals surface area (Å²) in [5.74, 6) is 1.84. The Bertz CT molecular complexity index is 408. The monoisotopic (exact) mass is 293 g/mol. The second kappa shape index (κ2) is 7.94.